The third-order valence-electron chi connectivity index (χ3n) is 4.05. The normalized spacial score (nSPS) is 12.1. The summed E-state index contributed by atoms with van der Waals surface area (Å²) >= 11 is 0. The van der Waals surface area contributed by atoms with Crippen molar-refractivity contribution in [3.8, 4) is 5.75 Å². The van der Waals surface area contributed by atoms with Gasteiger partial charge in [-0.05, 0) is 24.5 Å². The molecule has 0 aliphatic heterocycles. The van der Waals surface area contributed by atoms with Crippen LogP contribution in [0.1, 0.15) is 30.8 Å². The third kappa shape index (κ3) is 3.79. The molecule has 0 amide bonds. The lowest BCUT2D eigenvalue weighted by Crippen LogP contribution is -2.28. The summed E-state index contributed by atoms with van der Waals surface area (Å²) in [6.45, 7) is 4.84. The average Bonchev–Trinajstić information content (AvgIpc) is 2.85. The first-order chi connectivity index (χ1) is 10.5. The Bertz CT molecular complexity index is 667. The van der Waals surface area contributed by atoms with Gasteiger partial charge in [0.15, 0.2) is 11.4 Å². The lowest BCUT2D eigenvalue weighted by molar-refractivity contribution is 0.0584. The molecule has 2 aromatic rings. The number of hydrogen-bond donors (Lipinski definition) is 1. The van der Waals surface area contributed by atoms with E-state index in [0.29, 0.717) is 23.9 Å². The number of aromatic nitrogens is 1. The Kier molecular flexibility index (Phi) is 6.91. The van der Waals surface area contributed by atoms with Gasteiger partial charge in [-0.2, -0.15) is 0 Å². The predicted octanol–water partition coefficient (Wildman–Crippen LogP) is 3.23. The standard InChI is InChI=1S/C17H24N2O3.ClH/c1-11(2)13(18)9-10-19-14-8-6-5-7-12(14)16(21-3)15(19)17(20)22-4;/h5-8,11,13H,9-10,18H2,1-4H3;1H. The second-order valence-electron chi connectivity index (χ2n) is 5.74. The third-order valence-corrected chi connectivity index (χ3v) is 4.05. The van der Waals surface area contributed by atoms with Crippen LogP contribution in [0.2, 0.25) is 0 Å². The molecule has 0 aliphatic rings. The summed E-state index contributed by atoms with van der Waals surface area (Å²) in [5.41, 5.74) is 7.55. The average molecular weight is 341 g/mol. The Morgan fingerprint density at radius 1 is 1.26 bits per heavy atom. The molecule has 1 aromatic heterocycles. The molecule has 0 saturated heterocycles. The molecule has 1 aromatic carbocycles. The molecule has 5 nitrogen and oxygen atoms in total. The zero-order chi connectivity index (χ0) is 16.3. The highest BCUT2D eigenvalue weighted by atomic mass is 35.5. The van der Waals surface area contributed by atoms with Gasteiger partial charge in [-0.1, -0.05) is 26.0 Å². The second-order valence-corrected chi connectivity index (χ2v) is 5.74. The van der Waals surface area contributed by atoms with Gasteiger partial charge in [0.05, 0.1) is 19.7 Å². The summed E-state index contributed by atoms with van der Waals surface area (Å²) in [7, 11) is 2.95. The van der Waals surface area contributed by atoms with E-state index in [1.54, 1.807) is 7.11 Å². The summed E-state index contributed by atoms with van der Waals surface area (Å²) in [6.07, 6.45) is 0.781. The summed E-state index contributed by atoms with van der Waals surface area (Å²) in [5, 5.41) is 0.906. The number of rotatable bonds is 6. The van der Waals surface area contributed by atoms with Crippen molar-refractivity contribution in [2.45, 2.75) is 32.9 Å². The molecule has 0 saturated carbocycles. The molecule has 6 heteroatoms. The lowest BCUT2D eigenvalue weighted by atomic mass is 10.0. The number of ether oxygens (including phenoxy) is 2. The quantitative estimate of drug-likeness (QED) is 0.820. The van der Waals surface area contributed by atoms with Gasteiger partial charge in [-0.25, -0.2) is 4.79 Å². The van der Waals surface area contributed by atoms with Crippen LogP contribution in [0.3, 0.4) is 0 Å². The first kappa shape index (κ1) is 19.3. The smallest absolute Gasteiger partial charge is 0.358 e. The Morgan fingerprint density at radius 3 is 2.48 bits per heavy atom. The van der Waals surface area contributed by atoms with Gasteiger partial charge in [-0.15, -0.1) is 12.4 Å². The van der Waals surface area contributed by atoms with E-state index < -0.39 is 5.97 Å². The first-order valence-electron chi connectivity index (χ1n) is 7.50. The Balaban J connectivity index is 0.00000264. The van der Waals surface area contributed by atoms with Gasteiger partial charge in [0.25, 0.3) is 0 Å². The minimum absolute atomic E-state index is 0. The molecule has 2 N–H and O–H groups in total. The summed E-state index contributed by atoms with van der Waals surface area (Å²) in [4.78, 5) is 12.2. The highest BCUT2D eigenvalue weighted by molar-refractivity contribution is 6.01. The van der Waals surface area contributed by atoms with E-state index in [9.17, 15) is 4.79 Å². The van der Waals surface area contributed by atoms with Crippen LogP contribution >= 0.6 is 12.4 Å². The Morgan fingerprint density at radius 2 is 1.91 bits per heavy atom. The summed E-state index contributed by atoms with van der Waals surface area (Å²) in [5.74, 6) is 0.553. The number of nitrogens with zero attached hydrogens (tertiary/aromatic N) is 1. The maximum atomic E-state index is 12.2. The molecule has 0 fully saturated rings. The van der Waals surface area contributed by atoms with E-state index in [0.717, 1.165) is 17.3 Å². The van der Waals surface area contributed by atoms with Crippen molar-refractivity contribution >= 4 is 29.3 Å². The van der Waals surface area contributed by atoms with Crippen molar-refractivity contribution in [1.82, 2.24) is 4.57 Å². The number of methoxy groups -OCH3 is 2. The van der Waals surface area contributed by atoms with Gasteiger partial charge in [0.2, 0.25) is 0 Å². The van der Waals surface area contributed by atoms with E-state index in [4.69, 9.17) is 15.2 Å². The molecule has 0 bridgehead atoms. The largest absolute Gasteiger partial charge is 0.494 e. The first-order valence-corrected chi connectivity index (χ1v) is 7.50. The zero-order valence-electron chi connectivity index (χ0n) is 14.0. The number of fused-ring (bicyclic) bond motifs is 1. The molecular weight excluding hydrogens is 316 g/mol. The molecule has 0 aliphatic carbocycles. The maximum Gasteiger partial charge on any atom is 0.358 e. The fourth-order valence-electron chi connectivity index (χ4n) is 2.62. The summed E-state index contributed by atoms with van der Waals surface area (Å²) < 4.78 is 12.3. The molecule has 1 unspecified atom stereocenters. The minimum atomic E-state index is -0.397. The van der Waals surface area contributed by atoms with Crippen molar-refractivity contribution in [1.29, 1.82) is 0 Å². The number of halogens is 1. The molecule has 1 atom stereocenters. The van der Waals surface area contributed by atoms with Crippen molar-refractivity contribution in [2.75, 3.05) is 14.2 Å². The SMILES string of the molecule is COC(=O)c1c(OC)c2ccccc2n1CCC(N)C(C)C.Cl. The Labute approximate surface area is 143 Å². The number of carbonyl (C=O) groups excluding carboxylic acids is 1. The highest BCUT2D eigenvalue weighted by Gasteiger charge is 2.24. The van der Waals surface area contributed by atoms with E-state index in [1.807, 2.05) is 28.8 Å². The number of carbonyl (C=O) groups is 1. The van der Waals surface area contributed by atoms with Crippen molar-refractivity contribution < 1.29 is 14.3 Å². The molecule has 2 rings (SSSR count). The fourth-order valence-corrected chi connectivity index (χ4v) is 2.62. The van der Waals surface area contributed by atoms with E-state index in [-0.39, 0.29) is 18.4 Å². The van der Waals surface area contributed by atoms with Crippen LogP contribution in [0.25, 0.3) is 10.9 Å². The highest BCUT2D eigenvalue weighted by Crippen LogP contribution is 2.34. The molecule has 23 heavy (non-hydrogen) atoms. The number of hydrogen-bond acceptors (Lipinski definition) is 4. The number of para-hydroxylation sites is 1. The lowest BCUT2D eigenvalue weighted by Gasteiger charge is -2.17. The zero-order valence-corrected chi connectivity index (χ0v) is 14.9. The number of aryl methyl sites for hydroxylation is 1. The van der Waals surface area contributed by atoms with E-state index >= 15 is 0 Å². The van der Waals surface area contributed by atoms with Crippen LogP contribution < -0.4 is 10.5 Å². The van der Waals surface area contributed by atoms with Gasteiger partial charge < -0.3 is 19.8 Å². The van der Waals surface area contributed by atoms with Crippen LogP contribution in [-0.2, 0) is 11.3 Å². The fraction of sp³-hybridized carbons (Fsp3) is 0.471. The minimum Gasteiger partial charge on any atom is -0.494 e. The van der Waals surface area contributed by atoms with Crippen LogP contribution in [0.5, 0.6) is 5.75 Å². The molecule has 128 valence electrons. The second kappa shape index (κ2) is 8.22. The Hall–Kier alpha value is -1.72. The summed E-state index contributed by atoms with van der Waals surface area (Å²) in [6, 6.07) is 7.88. The van der Waals surface area contributed by atoms with Crippen molar-refractivity contribution in [2.24, 2.45) is 11.7 Å². The van der Waals surface area contributed by atoms with Gasteiger partial charge in [0, 0.05) is 18.0 Å². The topological polar surface area (TPSA) is 66.5 Å². The van der Waals surface area contributed by atoms with Crippen molar-refractivity contribution in [3.63, 3.8) is 0 Å². The number of nitrogens with two attached hydrogens (primary N) is 1. The van der Waals surface area contributed by atoms with Crippen LogP contribution in [0.4, 0.5) is 0 Å². The van der Waals surface area contributed by atoms with E-state index in [2.05, 4.69) is 13.8 Å². The molecule has 1 heterocycles. The predicted molar refractivity (Wildman–Crippen MR) is 94.5 cm³/mol. The van der Waals surface area contributed by atoms with Crippen LogP contribution in [0, 0.1) is 5.92 Å². The molecular formula is C17H25ClN2O3. The van der Waals surface area contributed by atoms with Gasteiger partial charge >= 0.3 is 5.97 Å². The van der Waals surface area contributed by atoms with Crippen LogP contribution in [0.15, 0.2) is 24.3 Å². The monoisotopic (exact) mass is 340 g/mol. The van der Waals surface area contributed by atoms with Gasteiger partial charge in [0.1, 0.15) is 0 Å². The molecule has 0 radical (unpaired) electrons. The van der Waals surface area contributed by atoms with E-state index in [1.165, 1.54) is 7.11 Å². The van der Waals surface area contributed by atoms with Crippen LogP contribution in [-0.4, -0.2) is 30.8 Å². The number of benzene rings is 1. The van der Waals surface area contributed by atoms with Gasteiger partial charge in [-0.3, -0.25) is 0 Å². The molecule has 0 spiro atoms. The maximum absolute atomic E-state index is 12.2. The number of esters is 1. The van der Waals surface area contributed by atoms with Crippen molar-refractivity contribution in [3.05, 3.63) is 30.0 Å².